The lowest BCUT2D eigenvalue weighted by Crippen LogP contribution is -2.06. The van der Waals surface area contributed by atoms with Crippen LogP contribution in [0.5, 0.6) is 11.6 Å². The Hall–Kier alpha value is -2.43. The normalized spacial score (nSPS) is 10.5. The Kier molecular flexibility index (Phi) is 7.38. The van der Waals surface area contributed by atoms with E-state index in [1.807, 2.05) is 12.1 Å². The third-order valence-corrected chi connectivity index (χ3v) is 3.78. The van der Waals surface area contributed by atoms with Crippen molar-refractivity contribution in [3.8, 4) is 11.6 Å². The number of halogens is 1. The zero-order valence-electron chi connectivity index (χ0n) is 14.8. The van der Waals surface area contributed by atoms with Gasteiger partial charge in [0.2, 0.25) is 0 Å². The molecule has 1 aromatic carbocycles. The van der Waals surface area contributed by atoms with Crippen LogP contribution in [0, 0.1) is 5.82 Å². The number of hydrogen-bond acceptors (Lipinski definition) is 4. The first-order valence-electron chi connectivity index (χ1n) is 8.73. The molecule has 0 saturated heterocycles. The minimum Gasteiger partial charge on any atom is -0.462 e. The highest BCUT2D eigenvalue weighted by atomic mass is 19.1. The lowest BCUT2D eigenvalue weighted by atomic mass is 10.1. The monoisotopic (exact) mass is 345 g/mol. The standard InChI is InChI=1S/C20H24FNO3/c1-3-5-6-7-8-15-9-11-17(12-10-15)25-19-18(21)13-16(14-22-19)20(23)24-4-2/h9-14H,3-8H2,1-2H3. The fraction of sp³-hybridized carbons (Fsp3) is 0.400. The average molecular weight is 345 g/mol. The molecule has 0 unspecified atom stereocenters. The lowest BCUT2D eigenvalue weighted by molar-refractivity contribution is 0.0525. The van der Waals surface area contributed by atoms with Crippen LogP contribution in [0.1, 0.15) is 55.5 Å². The van der Waals surface area contributed by atoms with Crippen LogP contribution in [0.3, 0.4) is 0 Å². The molecule has 5 heteroatoms. The maximum Gasteiger partial charge on any atom is 0.339 e. The number of aromatic nitrogens is 1. The zero-order valence-corrected chi connectivity index (χ0v) is 14.8. The number of hydrogen-bond donors (Lipinski definition) is 0. The van der Waals surface area contributed by atoms with E-state index in [1.54, 1.807) is 19.1 Å². The van der Waals surface area contributed by atoms with E-state index < -0.39 is 11.8 Å². The van der Waals surface area contributed by atoms with E-state index in [0.717, 1.165) is 12.5 Å². The molecule has 0 aliphatic heterocycles. The summed E-state index contributed by atoms with van der Waals surface area (Å²) in [5, 5.41) is 0. The highest BCUT2D eigenvalue weighted by molar-refractivity contribution is 5.89. The molecule has 0 aliphatic carbocycles. The van der Waals surface area contributed by atoms with Gasteiger partial charge in [0.15, 0.2) is 5.82 Å². The Morgan fingerprint density at radius 1 is 1.12 bits per heavy atom. The van der Waals surface area contributed by atoms with Crippen LogP contribution in [-0.2, 0) is 11.2 Å². The largest absolute Gasteiger partial charge is 0.462 e. The highest BCUT2D eigenvalue weighted by Crippen LogP contribution is 2.23. The topological polar surface area (TPSA) is 48.4 Å². The first-order chi connectivity index (χ1) is 12.1. The van der Waals surface area contributed by atoms with Gasteiger partial charge in [0.25, 0.3) is 5.88 Å². The summed E-state index contributed by atoms with van der Waals surface area (Å²) in [5.41, 5.74) is 1.30. The van der Waals surface area contributed by atoms with Crippen LogP contribution in [-0.4, -0.2) is 17.6 Å². The second-order valence-electron chi connectivity index (χ2n) is 5.79. The molecule has 0 aliphatic rings. The predicted octanol–water partition coefficient (Wildman–Crippen LogP) is 5.31. The highest BCUT2D eigenvalue weighted by Gasteiger charge is 2.13. The molecule has 25 heavy (non-hydrogen) atoms. The van der Waals surface area contributed by atoms with Crippen molar-refractivity contribution in [1.82, 2.24) is 4.98 Å². The molecule has 1 aromatic heterocycles. The summed E-state index contributed by atoms with van der Waals surface area (Å²) in [6, 6.07) is 8.63. The van der Waals surface area contributed by atoms with Gasteiger partial charge >= 0.3 is 5.97 Å². The molecule has 0 radical (unpaired) electrons. The van der Waals surface area contributed by atoms with Crippen LogP contribution >= 0.6 is 0 Å². The molecule has 134 valence electrons. The van der Waals surface area contributed by atoms with Gasteiger partial charge in [-0.3, -0.25) is 0 Å². The SMILES string of the molecule is CCCCCCc1ccc(Oc2ncc(C(=O)OCC)cc2F)cc1. The fourth-order valence-corrected chi connectivity index (χ4v) is 2.42. The van der Waals surface area contributed by atoms with E-state index in [4.69, 9.17) is 9.47 Å². The smallest absolute Gasteiger partial charge is 0.339 e. The number of rotatable bonds is 9. The fourth-order valence-electron chi connectivity index (χ4n) is 2.42. The van der Waals surface area contributed by atoms with Gasteiger partial charge in [-0.1, -0.05) is 38.3 Å². The molecule has 0 bridgehead atoms. The summed E-state index contributed by atoms with van der Waals surface area (Å²) >= 11 is 0. The Bertz CT molecular complexity index is 686. The second-order valence-corrected chi connectivity index (χ2v) is 5.79. The van der Waals surface area contributed by atoms with E-state index in [0.29, 0.717) is 5.75 Å². The van der Waals surface area contributed by atoms with Crippen molar-refractivity contribution in [1.29, 1.82) is 0 Å². The van der Waals surface area contributed by atoms with Gasteiger partial charge in [-0.05, 0) is 43.5 Å². The zero-order chi connectivity index (χ0) is 18.1. The quantitative estimate of drug-likeness (QED) is 0.456. The molecule has 0 spiro atoms. The van der Waals surface area contributed by atoms with E-state index in [9.17, 15) is 9.18 Å². The minimum atomic E-state index is -0.700. The molecule has 4 nitrogen and oxygen atoms in total. The number of benzene rings is 1. The summed E-state index contributed by atoms with van der Waals surface area (Å²) in [6.07, 6.45) is 7.16. The molecule has 0 N–H and O–H groups in total. The number of ether oxygens (including phenoxy) is 2. The van der Waals surface area contributed by atoms with Crippen LogP contribution < -0.4 is 4.74 Å². The van der Waals surface area contributed by atoms with Gasteiger partial charge in [-0.25, -0.2) is 14.2 Å². The van der Waals surface area contributed by atoms with Gasteiger partial charge in [0.05, 0.1) is 12.2 Å². The van der Waals surface area contributed by atoms with Crippen molar-refractivity contribution in [2.24, 2.45) is 0 Å². The molecular weight excluding hydrogens is 321 g/mol. The summed E-state index contributed by atoms with van der Waals surface area (Å²) in [6.45, 7) is 4.11. The average Bonchev–Trinajstić information content (AvgIpc) is 2.62. The summed E-state index contributed by atoms with van der Waals surface area (Å²) in [5.74, 6) is -0.960. The van der Waals surface area contributed by atoms with Crippen molar-refractivity contribution in [2.75, 3.05) is 6.61 Å². The van der Waals surface area contributed by atoms with E-state index in [1.165, 1.54) is 37.4 Å². The van der Waals surface area contributed by atoms with Gasteiger partial charge in [0.1, 0.15) is 5.75 Å². The molecule has 0 amide bonds. The number of aryl methyl sites for hydroxylation is 1. The Balaban J connectivity index is 1.96. The summed E-state index contributed by atoms with van der Waals surface area (Å²) in [4.78, 5) is 15.4. The molecule has 2 rings (SSSR count). The van der Waals surface area contributed by atoms with Gasteiger partial charge in [-0.2, -0.15) is 0 Å². The maximum atomic E-state index is 14.1. The van der Waals surface area contributed by atoms with Crippen LogP contribution in [0.2, 0.25) is 0 Å². The first-order valence-corrected chi connectivity index (χ1v) is 8.73. The molecule has 2 aromatic rings. The third-order valence-electron chi connectivity index (χ3n) is 3.78. The lowest BCUT2D eigenvalue weighted by Gasteiger charge is -2.08. The number of nitrogens with zero attached hydrogens (tertiary/aromatic N) is 1. The van der Waals surface area contributed by atoms with Crippen molar-refractivity contribution < 1.29 is 18.7 Å². The van der Waals surface area contributed by atoms with Gasteiger partial charge in [-0.15, -0.1) is 0 Å². The number of carbonyl (C=O) groups is 1. The molecule has 0 saturated carbocycles. The van der Waals surface area contributed by atoms with Crippen molar-refractivity contribution in [2.45, 2.75) is 46.0 Å². The Morgan fingerprint density at radius 3 is 2.52 bits per heavy atom. The number of pyridine rings is 1. The number of esters is 1. The predicted molar refractivity (Wildman–Crippen MR) is 94.5 cm³/mol. The molecular formula is C20H24FNO3. The summed E-state index contributed by atoms with van der Waals surface area (Å²) < 4.78 is 24.3. The number of unbranched alkanes of at least 4 members (excludes halogenated alkanes) is 3. The van der Waals surface area contributed by atoms with E-state index in [-0.39, 0.29) is 18.1 Å². The Morgan fingerprint density at radius 2 is 1.88 bits per heavy atom. The Labute approximate surface area is 148 Å². The maximum absolute atomic E-state index is 14.1. The van der Waals surface area contributed by atoms with Crippen LogP contribution in [0.15, 0.2) is 36.5 Å². The van der Waals surface area contributed by atoms with E-state index in [2.05, 4.69) is 11.9 Å². The van der Waals surface area contributed by atoms with Gasteiger partial charge in [0, 0.05) is 6.20 Å². The first kappa shape index (κ1) is 18.9. The minimum absolute atomic E-state index is 0.0640. The van der Waals surface area contributed by atoms with Gasteiger partial charge < -0.3 is 9.47 Å². The third kappa shape index (κ3) is 5.85. The number of carbonyl (C=O) groups excluding carboxylic acids is 1. The van der Waals surface area contributed by atoms with Crippen molar-refractivity contribution in [3.05, 3.63) is 53.5 Å². The molecule has 1 heterocycles. The van der Waals surface area contributed by atoms with Crippen LogP contribution in [0.25, 0.3) is 0 Å². The summed E-state index contributed by atoms with van der Waals surface area (Å²) in [7, 11) is 0. The molecule has 0 atom stereocenters. The van der Waals surface area contributed by atoms with Crippen molar-refractivity contribution >= 4 is 5.97 Å². The van der Waals surface area contributed by atoms with E-state index >= 15 is 0 Å². The van der Waals surface area contributed by atoms with Crippen LogP contribution in [0.4, 0.5) is 4.39 Å². The second kappa shape index (κ2) is 9.77. The van der Waals surface area contributed by atoms with Crippen molar-refractivity contribution in [3.63, 3.8) is 0 Å². The molecule has 0 fully saturated rings.